The molecule has 2 atom stereocenters. The van der Waals surface area contributed by atoms with Gasteiger partial charge in [0.15, 0.2) is 6.23 Å². The zero-order chi connectivity index (χ0) is 21.0. The van der Waals surface area contributed by atoms with Gasteiger partial charge in [0.1, 0.15) is 6.10 Å². The molecule has 0 saturated carbocycles. The van der Waals surface area contributed by atoms with Gasteiger partial charge in [0.25, 0.3) is 0 Å². The lowest BCUT2D eigenvalue weighted by atomic mass is 10.1. The van der Waals surface area contributed by atoms with Crippen molar-refractivity contribution in [2.45, 2.75) is 109 Å². The summed E-state index contributed by atoms with van der Waals surface area (Å²) in [7, 11) is 0. The largest absolute Gasteiger partial charge is 0.465 e. The Kier molecular flexibility index (Phi) is 18.5. The third kappa shape index (κ3) is 14.9. The van der Waals surface area contributed by atoms with Gasteiger partial charge in [-0.2, -0.15) is 0 Å². The van der Waals surface area contributed by atoms with Crippen LogP contribution >= 0.6 is 0 Å². The Labute approximate surface area is 171 Å². The molecule has 0 bridgehead atoms. The van der Waals surface area contributed by atoms with Gasteiger partial charge in [-0.25, -0.2) is 4.79 Å². The smallest absolute Gasteiger partial charge is 0.409 e. The maximum absolute atomic E-state index is 11.1. The summed E-state index contributed by atoms with van der Waals surface area (Å²) in [4.78, 5) is 11.9. The summed E-state index contributed by atoms with van der Waals surface area (Å²) in [5.41, 5.74) is 0. The molecule has 6 nitrogen and oxygen atoms in total. The van der Waals surface area contributed by atoms with E-state index in [4.69, 9.17) is 10.2 Å². The molecular formula is C22H43NO5. The first-order valence-electron chi connectivity index (χ1n) is 11.2. The van der Waals surface area contributed by atoms with E-state index >= 15 is 0 Å². The lowest BCUT2D eigenvalue weighted by molar-refractivity contribution is -0.0880. The summed E-state index contributed by atoms with van der Waals surface area (Å²) in [5.74, 6) is 0. The van der Waals surface area contributed by atoms with Gasteiger partial charge in [0.2, 0.25) is 0 Å². The Morgan fingerprint density at radius 2 is 1.29 bits per heavy atom. The molecule has 0 spiro atoms. The highest BCUT2D eigenvalue weighted by atomic mass is 16.4. The number of aliphatic hydroxyl groups is 3. The van der Waals surface area contributed by atoms with E-state index in [2.05, 4.69) is 19.1 Å². The topological polar surface area (TPSA) is 101 Å². The molecule has 0 aromatic carbocycles. The molecule has 2 unspecified atom stereocenters. The number of hydrogen-bond donors (Lipinski definition) is 4. The minimum Gasteiger partial charge on any atom is -0.465 e. The minimum atomic E-state index is -1.58. The zero-order valence-electron chi connectivity index (χ0n) is 17.8. The van der Waals surface area contributed by atoms with Crippen LogP contribution in [0.5, 0.6) is 0 Å². The standard InChI is InChI=1S/C22H43NO5/c1-2-3-4-5-6-7-8-9-10-11-12-13-14-15-16-17-18-23(22(27)28)21(26)20(25)19-24/h9-10,20-21,24-26H,2-8,11-19H2,1H3,(H,27,28)/b10-9-. The van der Waals surface area contributed by atoms with Gasteiger partial charge in [-0.15, -0.1) is 0 Å². The number of unbranched alkanes of at least 4 members (excludes halogenated alkanes) is 12. The van der Waals surface area contributed by atoms with Crippen LogP contribution in [0, 0.1) is 0 Å². The highest BCUT2D eigenvalue weighted by Crippen LogP contribution is 2.11. The van der Waals surface area contributed by atoms with Crippen molar-refractivity contribution in [3.63, 3.8) is 0 Å². The van der Waals surface area contributed by atoms with E-state index in [1.807, 2.05) is 0 Å². The van der Waals surface area contributed by atoms with Gasteiger partial charge >= 0.3 is 6.09 Å². The first-order valence-corrected chi connectivity index (χ1v) is 11.2. The first kappa shape index (κ1) is 26.9. The number of nitrogens with zero attached hydrogens (tertiary/aromatic N) is 1. The van der Waals surface area contributed by atoms with E-state index < -0.39 is 25.0 Å². The highest BCUT2D eigenvalue weighted by molar-refractivity contribution is 5.65. The fourth-order valence-corrected chi connectivity index (χ4v) is 3.17. The lowest BCUT2D eigenvalue weighted by Gasteiger charge is -2.27. The molecule has 28 heavy (non-hydrogen) atoms. The summed E-state index contributed by atoms with van der Waals surface area (Å²) in [6.07, 6.45) is 16.7. The molecule has 0 saturated heterocycles. The van der Waals surface area contributed by atoms with Crippen molar-refractivity contribution in [1.29, 1.82) is 0 Å². The molecule has 0 aliphatic heterocycles. The van der Waals surface area contributed by atoms with E-state index in [0.717, 1.165) is 30.6 Å². The molecule has 0 fully saturated rings. The zero-order valence-corrected chi connectivity index (χ0v) is 17.8. The van der Waals surface area contributed by atoms with Gasteiger partial charge < -0.3 is 20.4 Å². The van der Waals surface area contributed by atoms with Crippen LogP contribution in [0.3, 0.4) is 0 Å². The number of rotatable bonds is 19. The van der Waals surface area contributed by atoms with E-state index in [-0.39, 0.29) is 6.54 Å². The third-order valence-electron chi connectivity index (χ3n) is 5.01. The summed E-state index contributed by atoms with van der Waals surface area (Å²) in [6, 6.07) is 0. The van der Waals surface area contributed by atoms with Crippen LogP contribution in [0.15, 0.2) is 12.2 Å². The molecule has 0 aromatic heterocycles. The van der Waals surface area contributed by atoms with Gasteiger partial charge in [-0.05, 0) is 32.1 Å². The SMILES string of the molecule is CCCCCCCC/C=C\CCCCCCCCN(C(=O)O)C(O)C(O)CO. The molecule has 0 radical (unpaired) electrons. The predicted molar refractivity (Wildman–Crippen MR) is 113 cm³/mol. The molecule has 0 aliphatic carbocycles. The Morgan fingerprint density at radius 3 is 1.75 bits per heavy atom. The van der Waals surface area contributed by atoms with Crippen LogP contribution in [0.25, 0.3) is 0 Å². The summed E-state index contributed by atoms with van der Waals surface area (Å²) < 4.78 is 0. The molecule has 0 aliphatic rings. The maximum atomic E-state index is 11.1. The number of carboxylic acid groups (broad SMARTS) is 1. The maximum Gasteiger partial charge on any atom is 0.409 e. The number of amides is 1. The van der Waals surface area contributed by atoms with Gasteiger partial charge in [-0.3, -0.25) is 4.90 Å². The Hall–Kier alpha value is -1.11. The van der Waals surface area contributed by atoms with Crippen LogP contribution in [0.4, 0.5) is 4.79 Å². The summed E-state index contributed by atoms with van der Waals surface area (Å²) in [6.45, 7) is 1.74. The fourth-order valence-electron chi connectivity index (χ4n) is 3.17. The number of aliphatic hydroxyl groups excluding tert-OH is 3. The van der Waals surface area contributed by atoms with Crippen molar-refractivity contribution in [3.05, 3.63) is 12.2 Å². The molecule has 4 N–H and O–H groups in total. The monoisotopic (exact) mass is 401 g/mol. The third-order valence-corrected chi connectivity index (χ3v) is 5.01. The molecule has 6 heteroatoms. The summed E-state index contributed by atoms with van der Waals surface area (Å²) in [5, 5.41) is 37.0. The average Bonchev–Trinajstić information content (AvgIpc) is 2.69. The molecule has 0 rings (SSSR count). The fraction of sp³-hybridized carbons (Fsp3) is 0.864. The van der Waals surface area contributed by atoms with Crippen LogP contribution in [0.1, 0.15) is 96.8 Å². The van der Waals surface area contributed by atoms with Crippen molar-refractivity contribution in [2.24, 2.45) is 0 Å². The van der Waals surface area contributed by atoms with E-state index in [9.17, 15) is 15.0 Å². The minimum absolute atomic E-state index is 0.161. The van der Waals surface area contributed by atoms with Crippen LogP contribution in [-0.2, 0) is 0 Å². The molecule has 0 heterocycles. The van der Waals surface area contributed by atoms with Gasteiger partial charge in [0.05, 0.1) is 6.61 Å². The Bertz CT molecular complexity index is 389. The lowest BCUT2D eigenvalue weighted by Crippen LogP contribution is -2.48. The highest BCUT2D eigenvalue weighted by Gasteiger charge is 2.26. The predicted octanol–water partition coefficient (Wildman–Crippen LogP) is 4.68. The van der Waals surface area contributed by atoms with Gasteiger partial charge in [0, 0.05) is 6.54 Å². The van der Waals surface area contributed by atoms with Crippen molar-refractivity contribution in [3.8, 4) is 0 Å². The van der Waals surface area contributed by atoms with E-state index in [1.165, 1.54) is 57.8 Å². The number of allylic oxidation sites excluding steroid dienone is 2. The molecule has 0 aromatic rings. The van der Waals surface area contributed by atoms with Crippen molar-refractivity contribution in [1.82, 2.24) is 4.90 Å². The second-order valence-electron chi connectivity index (χ2n) is 7.58. The van der Waals surface area contributed by atoms with E-state index in [1.54, 1.807) is 0 Å². The van der Waals surface area contributed by atoms with Gasteiger partial charge in [-0.1, -0.05) is 76.9 Å². The molecule has 166 valence electrons. The van der Waals surface area contributed by atoms with Crippen LogP contribution < -0.4 is 0 Å². The van der Waals surface area contributed by atoms with Crippen molar-refractivity contribution < 1.29 is 25.2 Å². The molecular weight excluding hydrogens is 358 g/mol. The Balaban J connectivity index is 3.53. The quantitative estimate of drug-likeness (QED) is 0.143. The van der Waals surface area contributed by atoms with Crippen LogP contribution in [0.2, 0.25) is 0 Å². The van der Waals surface area contributed by atoms with E-state index in [0.29, 0.717) is 6.42 Å². The second kappa shape index (κ2) is 19.2. The van der Waals surface area contributed by atoms with Crippen LogP contribution in [-0.4, -0.2) is 56.9 Å². The number of hydrogen-bond acceptors (Lipinski definition) is 4. The first-order chi connectivity index (χ1) is 13.5. The molecule has 1 amide bonds. The van der Waals surface area contributed by atoms with Crippen molar-refractivity contribution in [2.75, 3.05) is 13.2 Å². The van der Waals surface area contributed by atoms with Crippen molar-refractivity contribution >= 4 is 6.09 Å². The second-order valence-corrected chi connectivity index (χ2v) is 7.58. The normalized spacial score (nSPS) is 13.7. The summed E-state index contributed by atoms with van der Waals surface area (Å²) >= 11 is 0. The Morgan fingerprint density at radius 1 is 0.821 bits per heavy atom. The average molecular weight is 402 g/mol. The number of carbonyl (C=O) groups is 1.